The quantitative estimate of drug-likeness (QED) is 0.700. The van der Waals surface area contributed by atoms with Crippen LogP contribution in [0.2, 0.25) is 0 Å². The molecule has 2 heterocycles. The van der Waals surface area contributed by atoms with E-state index in [0.29, 0.717) is 6.42 Å². The Bertz CT molecular complexity index is 267. The Morgan fingerprint density at radius 3 is 2.71 bits per heavy atom. The van der Waals surface area contributed by atoms with E-state index in [2.05, 4.69) is 0 Å². The number of amides is 1. The predicted octanol–water partition coefficient (Wildman–Crippen LogP) is -0.270. The van der Waals surface area contributed by atoms with Gasteiger partial charge in [0.05, 0.1) is 25.4 Å². The number of aliphatic hydroxyl groups is 2. The van der Waals surface area contributed by atoms with Gasteiger partial charge in [0, 0.05) is 19.5 Å². The summed E-state index contributed by atoms with van der Waals surface area (Å²) in [5.74, 6) is 0. The molecular formula is C11H19NO5. The molecule has 2 fully saturated rings. The predicted molar refractivity (Wildman–Crippen MR) is 58.5 cm³/mol. The zero-order chi connectivity index (χ0) is 12.3. The first-order valence-electron chi connectivity index (χ1n) is 6.07. The van der Waals surface area contributed by atoms with E-state index in [0.717, 1.165) is 25.9 Å². The maximum atomic E-state index is 11.7. The number of rotatable bonds is 2. The second-order valence-electron chi connectivity index (χ2n) is 4.56. The van der Waals surface area contributed by atoms with E-state index in [4.69, 9.17) is 14.6 Å². The zero-order valence-electron chi connectivity index (χ0n) is 9.75. The van der Waals surface area contributed by atoms with E-state index in [1.165, 1.54) is 0 Å². The summed E-state index contributed by atoms with van der Waals surface area (Å²) in [7, 11) is 0. The highest BCUT2D eigenvalue weighted by atomic mass is 16.6. The maximum absolute atomic E-state index is 11.7. The normalized spacial score (nSPS) is 33.8. The minimum atomic E-state index is -0.757. The monoisotopic (exact) mass is 245 g/mol. The van der Waals surface area contributed by atoms with E-state index in [9.17, 15) is 9.90 Å². The van der Waals surface area contributed by atoms with E-state index in [1.54, 1.807) is 4.90 Å². The van der Waals surface area contributed by atoms with Crippen LogP contribution < -0.4 is 0 Å². The van der Waals surface area contributed by atoms with Gasteiger partial charge >= 0.3 is 6.09 Å². The molecule has 3 unspecified atom stereocenters. The third-order valence-corrected chi connectivity index (χ3v) is 3.25. The summed E-state index contributed by atoms with van der Waals surface area (Å²) >= 11 is 0. The van der Waals surface area contributed by atoms with Gasteiger partial charge in [0.1, 0.15) is 0 Å². The van der Waals surface area contributed by atoms with Gasteiger partial charge in [-0.05, 0) is 12.8 Å². The third kappa shape index (κ3) is 3.08. The van der Waals surface area contributed by atoms with Crippen LogP contribution >= 0.6 is 0 Å². The summed E-state index contributed by atoms with van der Waals surface area (Å²) in [6.45, 7) is 1.47. The first-order chi connectivity index (χ1) is 8.20. The van der Waals surface area contributed by atoms with Crippen molar-refractivity contribution in [2.75, 3.05) is 26.3 Å². The Morgan fingerprint density at radius 1 is 1.41 bits per heavy atom. The van der Waals surface area contributed by atoms with Crippen molar-refractivity contribution in [1.29, 1.82) is 0 Å². The van der Waals surface area contributed by atoms with Gasteiger partial charge in [0.15, 0.2) is 6.10 Å². The Morgan fingerprint density at radius 2 is 2.12 bits per heavy atom. The summed E-state index contributed by atoms with van der Waals surface area (Å²) in [5.41, 5.74) is 0. The van der Waals surface area contributed by atoms with Crippen LogP contribution in [0.25, 0.3) is 0 Å². The number of carbonyl (C=O) groups is 1. The van der Waals surface area contributed by atoms with Crippen LogP contribution in [0.3, 0.4) is 0 Å². The van der Waals surface area contributed by atoms with Gasteiger partial charge in [-0.2, -0.15) is 0 Å². The lowest BCUT2D eigenvalue weighted by molar-refractivity contribution is -0.135. The van der Waals surface area contributed by atoms with Gasteiger partial charge in [-0.1, -0.05) is 0 Å². The Hall–Kier alpha value is -0.850. The molecule has 17 heavy (non-hydrogen) atoms. The molecule has 6 nitrogen and oxygen atoms in total. The van der Waals surface area contributed by atoms with E-state index < -0.39 is 12.2 Å². The molecule has 0 aromatic carbocycles. The average Bonchev–Trinajstić information content (AvgIpc) is 2.85. The fourth-order valence-corrected chi connectivity index (χ4v) is 2.17. The highest BCUT2D eigenvalue weighted by Crippen LogP contribution is 2.18. The van der Waals surface area contributed by atoms with Crippen molar-refractivity contribution in [3.63, 3.8) is 0 Å². The van der Waals surface area contributed by atoms with Gasteiger partial charge in [0.2, 0.25) is 0 Å². The van der Waals surface area contributed by atoms with E-state index >= 15 is 0 Å². The van der Waals surface area contributed by atoms with Crippen molar-refractivity contribution >= 4 is 6.09 Å². The highest BCUT2D eigenvalue weighted by molar-refractivity contribution is 5.68. The van der Waals surface area contributed by atoms with Crippen LogP contribution in [0, 0.1) is 0 Å². The summed E-state index contributed by atoms with van der Waals surface area (Å²) in [6.07, 6.45) is 0.202. The molecule has 1 amide bonds. The van der Waals surface area contributed by atoms with E-state index in [-0.39, 0.29) is 25.4 Å². The number of nitrogens with zero attached hydrogens (tertiary/aromatic N) is 1. The second-order valence-corrected chi connectivity index (χ2v) is 4.56. The minimum Gasteiger partial charge on any atom is -0.441 e. The lowest BCUT2D eigenvalue weighted by atomic mass is 10.0. The van der Waals surface area contributed by atoms with Gasteiger partial charge in [0.25, 0.3) is 0 Å². The molecule has 2 aliphatic rings. The number of aliphatic hydroxyl groups excluding tert-OH is 2. The van der Waals surface area contributed by atoms with Crippen LogP contribution in [0.15, 0.2) is 0 Å². The van der Waals surface area contributed by atoms with Crippen LogP contribution in [-0.4, -0.2) is 65.8 Å². The number of ether oxygens (including phenoxy) is 2. The lowest BCUT2D eigenvalue weighted by Gasteiger charge is -2.32. The van der Waals surface area contributed by atoms with Gasteiger partial charge in [-0.25, -0.2) is 4.79 Å². The summed E-state index contributed by atoms with van der Waals surface area (Å²) in [4.78, 5) is 13.3. The van der Waals surface area contributed by atoms with Crippen molar-refractivity contribution in [2.24, 2.45) is 0 Å². The van der Waals surface area contributed by atoms with Crippen molar-refractivity contribution in [1.82, 2.24) is 4.90 Å². The maximum Gasteiger partial charge on any atom is 0.410 e. The zero-order valence-corrected chi connectivity index (χ0v) is 9.75. The molecule has 0 aliphatic carbocycles. The molecule has 0 saturated carbocycles. The van der Waals surface area contributed by atoms with Gasteiger partial charge < -0.3 is 24.6 Å². The molecule has 98 valence electrons. The van der Waals surface area contributed by atoms with E-state index in [1.807, 2.05) is 0 Å². The van der Waals surface area contributed by atoms with Crippen molar-refractivity contribution in [2.45, 2.75) is 37.6 Å². The van der Waals surface area contributed by atoms with Crippen molar-refractivity contribution < 1.29 is 24.5 Å². The standard InChI is InChI=1S/C11H19NO5/c13-6-8-5-9(14)10(7-16-8)17-11(15)12-3-1-2-4-12/h8-10,13-14H,1-7H2. The number of carbonyl (C=O) groups excluding carboxylic acids is 1. The second kappa shape index (κ2) is 5.66. The van der Waals surface area contributed by atoms with Crippen LogP contribution in [-0.2, 0) is 9.47 Å². The van der Waals surface area contributed by atoms with Crippen molar-refractivity contribution in [3.8, 4) is 0 Å². The van der Waals surface area contributed by atoms with Crippen LogP contribution in [0.1, 0.15) is 19.3 Å². The first kappa shape index (κ1) is 12.6. The van der Waals surface area contributed by atoms with Gasteiger partial charge in [-0.15, -0.1) is 0 Å². The Kier molecular flexibility index (Phi) is 4.20. The molecular weight excluding hydrogens is 226 g/mol. The molecule has 0 aromatic rings. The third-order valence-electron chi connectivity index (χ3n) is 3.25. The molecule has 0 radical (unpaired) electrons. The minimum absolute atomic E-state index is 0.121. The Labute approximate surface area is 100 Å². The number of hydrogen-bond donors (Lipinski definition) is 2. The molecule has 0 bridgehead atoms. The Balaban J connectivity index is 1.80. The number of hydrogen-bond acceptors (Lipinski definition) is 5. The summed E-state index contributed by atoms with van der Waals surface area (Å²) < 4.78 is 10.5. The molecule has 6 heteroatoms. The average molecular weight is 245 g/mol. The molecule has 0 aromatic heterocycles. The fraction of sp³-hybridized carbons (Fsp3) is 0.909. The van der Waals surface area contributed by atoms with Gasteiger partial charge in [-0.3, -0.25) is 0 Å². The first-order valence-corrected chi connectivity index (χ1v) is 6.07. The van der Waals surface area contributed by atoms with Crippen LogP contribution in [0.4, 0.5) is 4.79 Å². The number of likely N-dealkylation sites (tertiary alicyclic amines) is 1. The fourth-order valence-electron chi connectivity index (χ4n) is 2.17. The molecule has 2 saturated heterocycles. The molecule has 3 atom stereocenters. The molecule has 2 N–H and O–H groups in total. The smallest absolute Gasteiger partial charge is 0.410 e. The largest absolute Gasteiger partial charge is 0.441 e. The highest BCUT2D eigenvalue weighted by Gasteiger charge is 2.33. The van der Waals surface area contributed by atoms with Crippen molar-refractivity contribution in [3.05, 3.63) is 0 Å². The van der Waals surface area contributed by atoms with Crippen LogP contribution in [0.5, 0.6) is 0 Å². The summed E-state index contributed by atoms with van der Waals surface area (Å²) in [5, 5.41) is 18.7. The molecule has 2 rings (SSSR count). The molecule has 2 aliphatic heterocycles. The lowest BCUT2D eigenvalue weighted by Crippen LogP contribution is -2.46. The SMILES string of the molecule is O=C(OC1COC(CO)CC1O)N1CCCC1. The topological polar surface area (TPSA) is 79.2 Å². The molecule has 0 spiro atoms. The summed E-state index contributed by atoms with van der Waals surface area (Å²) in [6, 6.07) is 0.